The van der Waals surface area contributed by atoms with E-state index < -0.39 is 0 Å². The fourth-order valence-electron chi connectivity index (χ4n) is 11.0. The standard InChI is InChI=1S/C44H59N7O2/c1-28(2)51-27-30(4)41-37(42(52)47-26-38-29(3)16-31(5)48-43(38)53)20-36(21-39(41)51)35-6-7-40(46-25-35)50-14-12-49(13-15-50)11-10-45-9-8-44-22-32-17-33(23-44)19-34(18-32)24-44/h6-7,16,20-21,25,27-28,32-34,45H,8-15,17-19,22-24,26H2,1-5H3,(H,47,52)(H,48,53). The summed E-state index contributed by atoms with van der Waals surface area (Å²) in [5.41, 5.74) is 7.37. The molecule has 1 amide bonds. The van der Waals surface area contributed by atoms with Gasteiger partial charge in [0.05, 0.1) is 0 Å². The first-order chi connectivity index (χ1) is 25.5. The van der Waals surface area contributed by atoms with Gasteiger partial charge < -0.3 is 25.1 Å². The minimum atomic E-state index is -0.193. The third-order valence-electron chi connectivity index (χ3n) is 13.2. The van der Waals surface area contributed by atoms with E-state index in [0.717, 1.165) is 102 Å². The Morgan fingerprint density at radius 1 is 0.925 bits per heavy atom. The van der Waals surface area contributed by atoms with Gasteiger partial charge in [0.15, 0.2) is 0 Å². The fraction of sp³-hybridized carbons (Fsp3) is 0.568. The van der Waals surface area contributed by atoms with Gasteiger partial charge in [0.25, 0.3) is 11.5 Å². The zero-order chi connectivity index (χ0) is 36.9. The summed E-state index contributed by atoms with van der Waals surface area (Å²) in [7, 11) is 0. The lowest BCUT2D eigenvalue weighted by Gasteiger charge is -2.57. The summed E-state index contributed by atoms with van der Waals surface area (Å²) in [4.78, 5) is 39.3. The number of fused-ring (bicyclic) bond motifs is 1. The Hall–Kier alpha value is -3.95. The average Bonchev–Trinajstić information content (AvgIpc) is 3.46. The summed E-state index contributed by atoms with van der Waals surface area (Å²) >= 11 is 0. The van der Waals surface area contributed by atoms with E-state index in [1.165, 1.54) is 51.5 Å². The number of hydrogen-bond acceptors (Lipinski definition) is 6. The van der Waals surface area contributed by atoms with E-state index in [9.17, 15) is 9.59 Å². The van der Waals surface area contributed by atoms with Crippen LogP contribution in [-0.2, 0) is 6.54 Å². The van der Waals surface area contributed by atoms with Crippen LogP contribution in [0.4, 0.5) is 5.82 Å². The summed E-state index contributed by atoms with van der Waals surface area (Å²) in [6, 6.07) is 10.6. The molecule has 282 valence electrons. The van der Waals surface area contributed by atoms with E-state index in [0.29, 0.717) is 16.5 Å². The third-order valence-corrected chi connectivity index (χ3v) is 13.2. The van der Waals surface area contributed by atoms with Crippen molar-refractivity contribution in [1.29, 1.82) is 0 Å². The molecule has 1 aliphatic heterocycles. The summed E-state index contributed by atoms with van der Waals surface area (Å²) in [5, 5.41) is 7.81. The number of rotatable bonds is 12. The van der Waals surface area contributed by atoms with Crippen LogP contribution < -0.4 is 21.1 Å². The first-order valence-corrected chi connectivity index (χ1v) is 20.3. The minimum absolute atomic E-state index is 0.161. The molecular weight excluding hydrogens is 659 g/mol. The van der Waals surface area contributed by atoms with Crippen molar-refractivity contribution >= 4 is 22.6 Å². The van der Waals surface area contributed by atoms with Gasteiger partial charge in [-0.05, 0) is 156 Å². The highest BCUT2D eigenvalue weighted by Gasteiger charge is 2.50. The second kappa shape index (κ2) is 14.7. The lowest BCUT2D eigenvalue weighted by Crippen LogP contribution is -2.49. The fourth-order valence-corrected chi connectivity index (χ4v) is 11.0. The predicted molar refractivity (Wildman–Crippen MR) is 215 cm³/mol. The molecule has 5 aliphatic rings. The number of hydrogen-bond donors (Lipinski definition) is 3. The van der Waals surface area contributed by atoms with Gasteiger partial charge in [0, 0.05) is 97.5 Å². The number of pyridine rings is 2. The molecule has 0 radical (unpaired) electrons. The summed E-state index contributed by atoms with van der Waals surface area (Å²) < 4.78 is 2.24. The van der Waals surface area contributed by atoms with Gasteiger partial charge in [0.1, 0.15) is 5.82 Å². The molecule has 3 N–H and O–H groups in total. The van der Waals surface area contributed by atoms with Crippen molar-refractivity contribution in [2.75, 3.05) is 50.7 Å². The first kappa shape index (κ1) is 36.0. The number of aryl methyl sites for hydroxylation is 3. The molecule has 9 nitrogen and oxygen atoms in total. The molecule has 4 bridgehead atoms. The summed E-state index contributed by atoms with van der Waals surface area (Å²) in [5.74, 6) is 3.93. The van der Waals surface area contributed by atoms with E-state index in [-0.39, 0.29) is 24.1 Å². The normalized spacial score (nSPS) is 24.1. The quantitative estimate of drug-likeness (QED) is 0.135. The van der Waals surface area contributed by atoms with Crippen LogP contribution in [0.1, 0.15) is 97.6 Å². The number of nitrogens with one attached hydrogen (secondary N) is 3. The Morgan fingerprint density at radius 3 is 2.28 bits per heavy atom. The van der Waals surface area contributed by atoms with Crippen LogP contribution in [0, 0.1) is 43.9 Å². The molecule has 4 saturated carbocycles. The number of aromatic amines is 1. The van der Waals surface area contributed by atoms with Crippen LogP contribution in [0.15, 0.2) is 47.5 Å². The highest BCUT2D eigenvalue weighted by atomic mass is 16.1. The molecule has 5 fully saturated rings. The molecule has 4 heterocycles. The van der Waals surface area contributed by atoms with Gasteiger partial charge in [0.2, 0.25) is 0 Å². The molecule has 4 aromatic rings. The van der Waals surface area contributed by atoms with Crippen LogP contribution in [0.3, 0.4) is 0 Å². The average molecular weight is 718 g/mol. The van der Waals surface area contributed by atoms with Crippen molar-refractivity contribution in [3.8, 4) is 11.1 Å². The lowest BCUT2D eigenvalue weighted by atomic mass is 9.49. The Bertz CT molecular complexity index is 1980. The summed E-state index contributed by atoms with van der Waals surface area (Å²) in [6.07, 6.45) is 14.6. The third kappa shape index (κ3) is 7.44. The van der Waals surface area contributed by atoms with Gasteiger partial charge in [-0.1, -0.05) is 0 Å². The molecule has 1 aromatic carbocycles. The molecule has 1 saturated heterocycles. The van der Waals surface area contributed by atoms with Crippen LogP contribution in [0.5, 0.6) is 0 Å². The number of nitrogens with zero attached hydrogens (tertiary/aromatic N) is 4. The number of carbonyl (C=O) groups is 1. The van der Waals surface area contributed by atoms with E-state index in [1.807, 2.05) is 32.2 Å². The molecule has 0 unspecified atom stereocenters. The molecule has 9 rings (SSSR count). The maximum Gasteiger partial charge on any atom is 0.253 e. The van der Waals surface area contributed by atoms with E-state index >= 15 is 0 Å². The minimum Gasteiger partial charge on any atom is -0.354 e. The van der Waals surface area contributed by atoms with E-state index in [4.69, 9.17) is 4.98 Å². The van der Waals surface area contributed by atoms with Crippen LogP contribution >= 0.6 is 0 Å². The van der Waals surface area contributed by atoms with Crippen LogP contribution in [0.2, 0.25) is 0 Å². The Labute approximate surface area is 314 Å². The number of piperazine rings is 1. The Kier molecular flexibility index (Phi) is 10.0. The van der Waals surface area contributed by atoms with Gasteiger partial charge in [-0.25, -0.2) is 4.98 Å². The SMILES string of the molecule is Cc1cc(C)c(CNC(=O)c2cc(-c3ccc(N4CCN(CCNCCC56CC7CC(CC(C7)C5)C6)CC4)nc3)cc3c2c(C)cn3C(C)C)c(=O)[nH]1. The first-order valence-electron chi connectivity index (χ1n) is 20.3. The lowest BCUT2D eigenvalue weighted by molar-refractivity contribution is -0.0567. The van der Waals surface area contributed by atoms with Gasteiger partial charge in [-0.15, -0.1) is 0 Å². The molecule has 3 aromatic heterocycles. The topological polar surface area (TPSA) is 98.3 Å². The Morgan fingerprint density at radius 2 is 1.64 bits per heavy atom. The summed E-state index contributed by atoms with van der Waals surface area (Å²) in [6.45, 7) is 17.7. The zero-order valence-electron chi connectivity index (χ0n) is 32.6. The predicted octanol–water partition coefficient (Wildman–Crippen LogP) is 7.15. The molecule has 4 aliphatic carbocycles. The van der Waals surface area contributed by atoms with Gasteiger partial charge in [-0.2, -0.15) is 0 Å². The number of aromatic nitrogens is 3. The maximum atomic E-state index is 13.9. The van der Waals surface area contributed by atoms with E-state index in [1.54, 1.807) is 0 Å². The number of carbonyl (C=O) groups excluding carboxylic acids is 1. The van der Waals surface area contributed by atoms with E-state index in [2.05, 4.69) is 75.2 Å². The largest absolute Gasteiger partial charge is 0.354 e. The number of anilines is 1. The number of amides is 1. The second-order valence-corrected chi connectivity index (χ2v) is 17.5. The van der Waals surface area contributed by atoms with Crippen LogP contribution in [0.25, 0.3) is 22.0 Å². The number of H-pyrrole nitrogens is 1. The Balaban J connectivity index is 0.890. The van der Waals surface area contributed by atoms with Crippen molar-refractivity contribution in [2.24, 2.45) is 23.2 Å². The van der Waals surface area contributed by atoms with Crippen molar-refractivity contribution in [2.45, 2.75) is 92.2 Å². The van der Waals surface area contributed by atoms with Crippen molar-refractivity contribution in [3.05, 3.63) is 81.0 Å². The van der Waals surface area contributed by atoms with Crippen LogP contribution in [-0.4, -0.2) is 71.2 Å². The number of benzene rings is 1. The highest BCUT2D eigenvalue weighted by Crippen LogP contribution is 2.61. The molecule has 0 atom stereocenters. The zero-order valence-corrected chi connectivity index (χ0v) is 32.6. The molecular formula is C44H59N7O2. The maximum absolute atomic E-state index is 13.9. The molecule has 53 heavy (non-hydrogen) atoms. The van der Waals surface area contributed by atoms with Crippen molar-refractivity contribution in [3.63, 3.8) is 0 Å². The van der Waals surface area contributed by atoms with Crippen molar-refractivity contribution < 1.29 is 4.79 Å². The smallest absolute Gasteiger partial charge is 0.253 e. The molecule has 9 heteroatoms. The highest BCUT2D eigenvalue weighted by molar-refractivity contribution is 6.09. The van der Waals surface area contributed by atoms with Gasteiger partial charge in [-0.3, -0.25) is 14.5 Å². The van der Waals surface area contributed by atoms with Gasteiger partial charge >= 0.3 is 0 Å². The monoisotopic (exact) mass is 717 g/mol. The second-order valence-electron chi connectivity index (χ2n) is 17.5. The molecule has 0 spiro atoms. The van der Waals surface area contributed by atoms with Crippen molar-refractivity contribution in [1.82, 2.24) is 30.1 Å².